The summed E-state index contributed by atoms with van der Waals surface area (Å²) in [5.41, 5.74) is 2.87. The molecule has 2 amide bonds. The average Bonchev–Trinajstić information content (AvgIpc) is 3.27. The van der Waals surface area contributed by atoms with Crippen LogP contribution in [0, 0.1) is 18.7 Å². The van der Waals surface area contributed by atoms with Crippen molar-refractivity contribution in [3.05, 3.63) is 59.7 Å². The maximum Gasteiger partial charge on any atom is 0.227 e. The summed E-state index contributed by atoms with van der Waals surface area (Å²) in [4.78, 5) is 33.9. The molecule has 0 radical (unpaired) electrons. The largest absolute Gasteiger partial charge is 0.355 e. The van der Waals surface area contributed by atoms with E-state index in [1.165, 1.54) is 11.0 Å². The first kappa shape index (κ1) is 18.2. The highest BCUT2D eigenvalue weighted by molar-refractivity contribution is 6.00. The van der Waals surface area contributed by atoms with Crippen LogP contribution in [0.4, 0.5) is 10.1 Å². The van der Waals surface area contributed by atoms with Crippen LogP contribution in [0.3, 0.4) is 0 Å². The Morgan fingerprint density at radius 3 is 2.93 bits per heavy atom. The molecule has 0 spiro atoms. The molecule has 144 valence electrons. The number of nitrogens with zero attached hydrogens (tertiary/aromatic N) is 2. The number of rotatable bonds is 5. The fraction of sp³-hybridized carbons (Fsp3) is 0.286. The van der Waals surface area contributed by atoms with Gasteiger partial charge in [-0.2, -0.15) is 0 Å². The van der Waals surface area contributed by atoms with Gasteiger partial charge in [0, 0.05) is 31.6 Å². The Kier molecular flexibility index (Phi) is 4.81. The maximum absolute atomic E-state index is 13.8. The van der Waals surface area contributed by atoms with Gasteiger partial charge in [-0.15, -0.1) is 0 Å². The van der Waals surface area contributed by atoms with E-state index in [2.05, 4.69) is 15.3 Å². The second-order valence-electron chi connectivity index (χ2n) is 7.08. The quantitative estimate of drug-likeness (QED) is 0.714. The van der Waals surface area contributed by atoms with Crippen molar-refractivity contribution in [3.8, 4) is 0 Å². The Hall–Kier alpha value is -3.22. The first-order valence-corrected chi connectivity index (χ1v) is 9.29. The molecule has 1 fully saturated rings. The summed E-state index contributed by atoms with van der Waals surface area (Å²) in [6, 6.07) is 12.4. The molecule has 0 bridgehead atoms. The van der Waals surface area contributed by atoms with E-state index in [1.807, 2.05) is 24.3 Å². The highest BCUT2D eigenvalue weighted by Gasteiger charge is 2.35. The molecular formula is C21H21FN4O2. The first-order valence-electron chi connectivity index (χ1n) is 9.29. The van der Waals surface area contributed by atoms with E-state index < -0.39 is 5.92 Å². The van der Waals surface area contributed by atoms with Gasteiger partial charge in [-0.3, -0.25) is 9.59 Å². The summed E-state index contributed by atoms with van der Waals surface area (Å²) in [5, 5.41) is 2.88. The number of hydrogen-bond acceptors (Lipinski definition) is 3. The minimum absolute atomic E-state index is 0.131. The molecule has 0 saturated carbocycles. The van der Waals surface area contributed by atoms with Crippen LogP contribution < -0.4 is 10.2 Å². The summed E-state index contributed by atoms with van der Waals surface area (Å²) in [5.74, 6) is -0.322. The number of carbonyl (C=O) groups is 2. The minimum atomic E-state index is -0.437. The fourth-order valence-corrected chi connectivity index (χ4v) is 3.45. The van der Waals surface area contributed by atoms with Crippen molar-refractivity contribution >= 4 is 28.5 Å². The number of carbonyl (C=O) groups excluding carboxylic acids is 2. The smallest absolute Gasteiger partial charge is 0.227 e. The second-order valence-corrected chi connectivity index (χ2v) is 7.08. The van der Waals surface area contributed by atoms with Crippen LogP contribution in [0.5, 0.6) is 0 Å². The number of anilines is 1. The van der Waals surface area contributed by atoms with Crippen LogP contribution in [0.15, 0.2) is 42.5 Å². The Bertz CT molecular complexity index is 1010. The maximum atomic E-state index is 13.8. The van der Waals surface area contributed by atoms with Crippen LogP contribution >= 0.6 is 0 Å². The van der Waals surface area contributed by atoms with Gasteiger partial charge in [0.25, 0.3) is 0 Å². The molecule has 4 rings (SSSR count). The van der Waals surface area contributed by atoms with E-state index in [1.54, 1.807) is 19.1 Å². The van der Waals surface area contributed by atoms with Gasteiger partial charge in [-0.05, 0) is 36.8 Å². The van der Waals surface area contributed by atoms with Crippen LogP contribution in [0.25, 0.3) is 11.0 Å². The number of benzene rings is 2. The predicted octanol–water partition coefficient (Wildman–Crippen LogP) is 2.72. The molecule has 1 saturated heterocycles. The highest BCUT2D eigenvalue weighted by Crippen LogP contribution is 2.26. The van der Waals surface area contributed by atoms with E-state index >= 15 is 0 Å². The topological polar surface area (TPSA) is 78.1 Å². The molecule has 2 aromatic carbocycles. The summed E-state index contributed by atoms with van der Waals surface area (Å²) in [6.07, 6.45) is 0.708. The number of imidazole rings is 1. The molecule has 0 aliphatic carbocycles. The van der Waals surface area contributed by atoms with Gasteiger partial charge in [0.15, 0.2) is 0 Å². The molecule has 3 aromatic rings. The van der Waals surface area contributed by atoms with Crippen molar-refractivity contribution in [1.29, 1.82) is 0 Å². The second kappa shape index (κ2) is 7.42. The van der Waals surface area contributed by atoms with Gasteiger partial charge in [0.1, 0.15) is 11.6 Å². The van der Waals surface area contributed by atoms with Crippen LogP contribution in [0.2, 0.25) is 0 Å². The fourth-order valence-electron chi connectivity index (χ4n) is 3.45. The number of H-pyrrole nitrogens is 1. The number of hydrogen-bond donors (Lipinski definition) is 2. The van der Waals surface area contributed by atoms with E-state index in [-0.39, 0.29) is 30.6 Å². The zero-order chi connectivity index (χ0) is 19.7. The third kappa shape index (κ3) is 3.60. The number of fused-ring (bicyclic) bond motifs is 1. The van der Waals surface area contributed by atoms with E-state index in [0.29, 0.717) is 24.2 Å². The van der Waals surface area contributed by atoms with E-state index in [0.717, 1.165) is 16.9 Å². The number of aryl methyl sites for hydroxylation is 1. The molecule has 2 heterocycles. The van der Waals surface area contributed by atoms with Gasteiger partial charge in [-0.1, -0.05) is 18.2 Å². The first-order chi connectivity index (χ1) is 13.5. The number of para-hydroxylation sites is 2. The van der Waals surface area contributed by atoms with Gasteiger partial charge in [0.05, 0.1) is 17.0 Å². The summed E-state index contributed by atoms with van der Waals surface area (Å²) in [6.45, 7) is 2.36. The molecule has 1 aromatic heterocycles. The summed E-state index contributed by atoms with van der Waals surface area (Å²) in [7, 11) is 0. The minimum Gasteiger partial charge on any atom is -0.355 e. The number of halogens is 1. The van der Waals surface area contributed by atoms with E-state index in [4.69, 9.17) is 0 Å². The lowest BCUT2D eigenvalue weighted by atomic mass is 10.1. The molecule has 1 aliphatic heterocycles. The van der Waals surface area contributed by atoms with Crippen molar-refractivity contribution in [1.82, 2.24) is 15.3 Å². The van der Waals surface area contributed by atoms with Gasteiger partial charge < -0.3 is 15.2 Å². The van der Waals surface area contributed by atoms with Crippen molar-refractivity contribution in [2.24, 2.45) is 5.92 Å². The van der Waals surface area contributed by atoms with Crippen LogP contribution in [0.1, 0.15) is 17.8 Å². The van der Waals surface area contributed by atoms with Crippen LogP contribution in [-0.2, 0) is 16.0 Å². The summed E-state index contributed by atoms with van der Waals surface area (Å²) < 4.78 is 13.8. The Morgan fingerprint density at radius 1 is 1.32 bits per heavy atom. The number of nitrogens with one attached hydrogen (secondary N) is 2. The zero-order valence-electron chi connectivity index (χ0n) is 15.5. The zero-order valence-corrected chi connectivity index (χ0v) is 15.5. The lowest BCUT2D eigenvalue weighted by Crippen LogP contribution is -2.34. The molecule has 6 nitrogen and oxygen atoms in total. The Morgan fingerprint density at radius 2 is 2.14 bits per heavy atom. The number of aromatic nitrogens is 2. The van der Waals surface area contributed by atoms with Crippen molar-refractivity contribution in [3.63, 3.8) is 0 Å². The third-order valence-corrected chi connectivity index (χ3v) is 5.06. The Labute approximate surface area is 161 Å². The van der Waals surface area contributed by atoms with Gasteiger partial charge in [0.2, 0.25) is 11.8 Å². The molecule has 1 atom stereocenters. The monoisotopic (exact) mass is 380 g/mol. The SMILES string of the molecule is Cc1ccc(N2CC(C(=O)NCCc3nc4ccccc4[nH]3)CC2=O)cc1F. The van der Waals surface area contributed by atoms with Crippen molar-refractivity contribution in [2.75, 3.05) is 18.0 Å². The standard InChI is InChI=1S/C21H21FN4O2/c1-13-6-7-15(11-16(13)22)26-12-14(10-20(26)27)21(28)23-9-8-19-24-17-4-2-3-5-18(17)25-19/h2-7,11,14H,8-10,12H2,1H3,(H,23,28)(H,24,25). The molecule has 28 heavy (non-hydrogen) atoms. The normalized spacial score (nSPS) is 16.7. The lowest BCUT2D eigenvalue weighted by molar-refractivity contribution is -0.126. The van der Waals surface area contributed by atoms with Crippen molar-refractivity contribution < 1.29 is 14.0 Å². The van der Waals surface area contributed by atoms with Gasteiger partial charge >= 0.3 is 0 Å². The number of aromatic amines is 1. The van der Waals surface area contributed by atoms with E-state index in [9.17, 15) is 14.0 Å². The summed E-state index contributed by atoms with van der Waals surface area (Å²) >= 11 is 0. The molecule has 1 aliphatic rings. The molecule has 7 heteroatoms. The highest BCUT2D eigenvalue weighted by atomic mass is 19.1. The predicted molar refractivity (Wildman–Crippen MR) is 104 cm³/mol. The molecular weight excluding hydrogens is 359 g/mol. The lowest BCUT2D eigenvalue weighted by Gasteiger charge is -2.17. The average molecular weight is 380 g/mol. The number of amides is 2. The third-order valence-electron chi connectivity index (χ3n) is 5.06. The van der Waals surface area contributed by atoms with Crippen molar-refractivity contribution in [2.45, 2.75) is 19.8 Å². The van der Waals surface area contributed by atoms with Gasteiger partial charge in [-0.25, -0.2) is 9.37 Å². The molecule has 2 N–H and O–H groups in total. The van der Waals surface area contributed by atoms with Crippen LogP contribution in [-0.4, -0.2) is 34.9 Å². The molecule has 1 unspecified atom stereocenters. The Balaban J connectivity index is 1.33.